The number of benzene rings is 1. The molecule has 2 fully saturated rings. The summed E-state index contributed by atoms with van der Waals surface area (Å²) in [5, 5.41) is 14.2. The molecule has 1 saturated carbocycles. The quantitative estimate of drug-likeness (QED) is 0.280. The van der Waals surface area contributed by atoms with Gasteiger partial charge in [0.05, 0.1) is 30.6 Å². The van der Waals surface area contributed by atoms with Crippen LogP contribution in [0, 0.1) is 5.41 Å². The maximum atomic E-state index is 13.9. The van der Waals surface area contributed by atoms with Gasteiger partial charge in [0.15, 0.2) is 17.4 Å². The van der Waals surface area contributed by atoms with Crippen LogP contribution >= 0.6 is 7.75 Å². The van der Waals surface area contributed by atoms with E-state index >= 15 is 0 Å². The molecule has 2 unspecified atom stereocenters. The number of nitrogens with one attached hydrogen (secondary N) is 2. The number of aromatic amines is 1. The van der Waals surface area contributed by atoms with Gasteiger partial charge in [0.1, 0.15) is 18.0 Å². The van der Waals surface area contributed by atoms with Crippen LogP contribution < -0.4 is 20.9 Å². The van der Waals surface area contributed by atoms with Gasteiger partial charge in [-0.25, -0.2) is 14.6 Å². The maximum absolute atomic E-state index is 13.9. The number of ether oxygens (including phenoxy) is 2. The Morgan fingerprint density at radius 1 is 1.32 bits per heavy atom. The monoisotopic (exact) mass is 534 g/mol. The lowest BCUT2D eigenvalue weighted by molar-refractivity contribution is -0.0721. The molecule has 37 heavy (non-hydrogen) atoms. The predicted molar refractivity (Wildman–Crippen MR) is 134 cm³/mol. The van der Waals surface area contributed by atoms with Gasteiger partial charge < -0.3 is 24.8 Å². The van der Waals surface area contributed by atoms with Gasteiger partial charge in [-0.2, -0.15) is 4.98 Å². The third-order valence-corrected chi connectivity index (χ3v) is 8.30. The van der Waals surface area contributed by atoms with Crippen LogP contribution in [0.3, 0.4) is 0 Å². The summed E-state index contributed by atoms with van der Waals surface area (Å²) >= 11 is 0. The molecule has 1 aliphatic heterocycles. The fourth-order valence-electron chi connectivity index (χ4n) is 4.55. The molecule has 7 atom stereocenters. The number of nitrogen functional groups attached to an aromatic ring is 1. The minimum Gasteiger partial charge on any atom is -0.413 e. The van der Waals surface area contributed by atoms with Crippen LogP contribution in [0.15, 0.2) is 41.5 Å². The van der Waals surface area contributed by atoms with Crippen molar-refractivity contribution in [3.8, 4) is 5.75 Å². The number of nitrogens with two attached hydrogens (primary N) is 1. The molecular formula is C23H31N6O7P. The van der Waals surface area contributed by atoms with Gasteiger partial charge in [0.25, 0.3) is 5.56 Å². The summed E-state index contributed by atoms with van der Waals surface area (Å²) in [6, 6.07) is 8.34. The van der Waals surface area contributed by atoms with Gasteiger partial charge in [-0.3, -0.25) is 18.9 Å². The Hall–Kier alpha value is -2.80. The number of fused-ring (bicyclic) bond motifs is 2. The van der Waals surface area contributed by atoms with Crippen molar-refractivity contribution in [1.29, 1.82) is 0 Å². The zero-order valence-corrected chi connectivity index (χ0v) is 21.8. The minimum absolute atomic E-state index is 0.00135. The second kappa shape index (κ2) is 9.50. The number of hydrogen-bond acceptors (Lipinski definition) is 10. The summed E-state index contributed by atoms with van der Waals surface area (Å²) < 4.78 is 38.9. The number of H-pyrrole nitrogens is 1. The first kappa shape index (κ1) is 25.8. The van der Waals surface area contributed by atoms with Gasteiger partial charge in [-0.05, 0) is 32.9 Å². The lowest BCUT2D eigenvalue weighted by atomic mass is 10.0. The van der Waals surface area contributed by atoms with E-state index in [2.05, 4.69) is 20.0 Å². The second-order valence-corrected chi connectivity index (χ2v) is 11.5. The van der Waals surface area contributed by atoms with E-state index in [1.54, 1.807) is 31.2 Å². The van der Waals surface area contributed by atoms with Crippen LogP contribution in [0.4, 0.5) is 5.95 Å². The molecule has 0 amide bonds. The minimum atomic E-state index is -3.92. The highest BCUT2D eigenvalue weighted by Gasteiger charge is 2.76. The van der Waals surface area contributed by atoms with Crippen molar-refractivity contribution >= 4 is 24.9 Å². The van der Waals surface area contributed by atoms with E-state index < -0.39 is 43.3 Å². The Balaban J connectivity index is 1.35. The molecule has 5 rings (SSSR count). The number of aromatic nitrogens is 4. The molecular weight excluding hydrogens is 503 g/mol. The van der Waals surface area contributed by atoms with E-state index in [1.807, 2.05) is 26.8 Å². The smallest absolute Gasteiger partial charge is 0.413 e. The molecule has 3 heterocycles. The molecule has 1 aliphatic carbocycles. The van der Waals surface area contributed by atoms with E-state index in [9.17, 15) is 14.5 Å². The fraction of sp³-hybridized carbons (Fsp3) is 0.522. The number of imidazole rings is 1. The van der Waals surface area contributed by atoms with Gasteiger partial charge in [-0.1, -0.05) is 25.1 Å². The molecule has 1 saturated heterocycles. The van der Waals surface area contributed by atoms with Crippen LogP contribution in [0.2, 0.25) is 0 Å². The van der Waals surface area contributed by atoms with Crippen LogP contribution in [0.1, 0.15) is 33.9 Å². The van der Waals surface area contributed by atoms with Crippen molar-refractivity contribution in [1.82, 2.24) is 24.6 Å². The van der Waals surface area contributed by atoms with E-state index in [0.29, 0.717) is 12.4 Å². The summed E-state index contributed by atoms with van der Waals surface area (Å²) in [7, 11) is -3.92. The molecule has 5 N–H and O–H groups in total. The Morgan fingerprint density at radius 2 is 2.05 bits per heavy atom. The number of aliphatic hydroxyl groups excluding tert-OH is 1. The standard InChI is InChI=1S/C23H31N6O7P/c1-12(2)33-10-13(3)28-37(32,35-14-8-6-5-7-9-14)36-18-17-23(18,4)16(30)21(34-17)29-11-25-15-19(29)26-22(24)27-20(15)31/h5-9,11-13,16-18,21,30H,10H2,1-4H3,(H,28,32)(H3,24,26,27,31)/t13-,16+,17-,18?,21-,23-,37?/m1/s1. The number of anilines is 1. The first-order chi connectivity index (χ1) is 17.5. The summed E-state index contributed by atoms with van der Waals surface area (Å²) in [5.41, 5.74) is 4.56. The molecule has 13 nitrogen and oxygen atoms in total. The lowest BCUT2D eigenvalue weighted by Gasteiger charge is -2.28. The van der Waals surface area contributed by atoms with Crippen LogP contribution in [0.25, 0.3) is 11.2 Å². The Labute approximate surface area is 212 Å². The topological polar surface area (TPSA) is 176 Å². The van der Waals surface area contributed by atoms with Crippen LogP contribution in [-0.4, -0.2) is 61.7 Å². The third kappa shape index (κ3) is 4.78. The largest absolute Gasteiger partial charge is 0.459 e. The molecule has 1 aromatic carbocycles. The Morgan fingerprint density at radius 3 is 2.70 bits per heavy atom. The second-order valence-electron chi connectivity index (χ2n) is 9.87. The molecule has 200 valence electrons. The maximum Gasteiger partial charge on any atom is 0.459 e. The van der Waals surface area contributed by atoms with Crippen molar-refractivity contribution < 1.29 is 28.2 Å². The zero-order valence-electron chi connectivity index (χ0n) is 20.9. The molecule has 14 heteroatoms. The summed E-state index contributed by atoms with van der Waals surface area (Å²) in [4.78, 5) is 22.7. The normalized spacial score (nSPS) is 29.2. The third-order valence-electron chi connectivity index (χ3n) is 6.59. The van der Waals surface area contributed by atoms with Gasteiger partial charge in [-0.15, -0.1) is 0 Å². The van der Waals surface area contributed by atoms with Gasteiger partial charge in [0, 0.05) is 6.04 Å². The van der Waals surface area contributed by atoms with Crippen molar-refractivity contribution in [3.63, 3.8) is 0 Å². The fourth-order valence-corrected chi connectivity index (χ4v) is 6.35. The summed E-state index contributed by atoms with van der Waals surface area (Å²) in [6.45, 7) is 7.70. The SMILES string of the molecule is CC(C)OC[C@@H](C)NP(=O)(Oc1ccccc1)OC1[C@H]2O[C@@H](n3cnc4c(=O)[nH]c(N)nc43)[C@H](O)[C@@]12C. The predicted octanol–water partition coefficient (Wildman–Crippen LogP) is 1.96. The number of nitrogens with zero attached hydrogens (tertiary/aromatic N) is 3. The molecule has 0 bridgehead atoms. The molecule has 2 aliphatic rings. The number of rotatable bonds is 10. The van der Waals surface area contributed by atoms with E-state index in [1.165, 1.54) is 10.9 Å². The lowest BCUT2D eigenvalue weighted by Crippen LogP contribution is -2.35. The highest BCUT2D eigenvalue weighted by Crippen LogP contribution is 2.66. The van der Waals surface area contributed by atoms with E-state index in [0.717, 1.165) is 0 Å². The van der Waals surface area contributed by atoms with E-state index in [-0.39, 0.29) is 29.3 Å². The highest BCUT2D eigenvalue weighted by molar-refractivity contribution is 7.52. The van der Waals surface area contributed by atoms with Crippen molar-refractivity contribution in [2.75, 3.05) is 12.3 Å². The first-order valence-electron chi connectivity index (χ1n) is 12.0. The molecule has 0 radical (unpaired) electrons. The van der Waals surface area contributed by atoms with Crippen LogP contribution in [-0.2, 0) is 18.6 Å². The number of hydrogen-bond donors (Lipinski definition) is 4. The van der Waals surface area contributed by atoms with Crippen molar-refractivity contribution in [3.05, 3.63) is 47.0 Å². The number of aliphatic hydroxyl groups is 1. The highest BCUT2D eigenvalue weighted by atomic mass is 31.2. The summed E-state index contributed by atoms with van der Waals surface area (Å²) in [6.07, 6.45) is -1.94. The average molecular weight is 535 g/mol. The van der Waals surface area contributed by atoms with E-state index in [4.69, 9.17) is 24.3 Å². The van der Waals surface area contributed by atoms with Crippen molar-refractivity contribution in [2.45, 2.75) is 64.4 Å². The Kier molecular flexibility index (Phi) is 6.63. The Bertz CT molecular complexity index is 1380. The first-order valence-corrected chi connectivity index (χ1v) is 13.5. The van der Waals surface area contributed by atoms with Gasteiger partial charge >= 0.3 is 7.75 Å². The average Bonchev–Trinajstić information content (AvgIpc) is 3.09. The molecule has 3 aromatic rings. The molecule has 2 aromatic heterocycles. The van der Waals surface area contributed by atoms with Crippen molar-refractivity contribution in [2.24, 2.45) is 5.41 Å². The number of para-hydroxylation sites is 1. The van der Waals surface area contributed by atoms with Gasteiger partial charge in [0.2, 0.25) is 5.95 Å². The van der Waals surface area contributed by atoms with Crippen LogP contribution in [0.5, 0.6) is 5.75 Å². The zero-order chi connectivity index (χ0) is 26.5. The molecule has 0 spiro atoms. The summed E-state index contributed by atoms with van der Waals surface area (Å²) in [5.74, 6) is 0.286.